The molecule has 0 bridgehead atoms. The first kappa shape index (κ1) is 22.4. The molecule has 2 aromatic carbocycles. The Morgan fingerprint density at radius 3 is 2.35 bits per heavy atom. The Bertz CT molecular complexity index is 1180. The molecule has 0 unspecified atom stereocenters. The highest BCUT2D eigenvalue weighted by Crippen LogP contribution is 2.26. The van der Waals surface area contributed by atoms with E-state index in [9.17, 15) is 13.2 Å². The summed E-state index contributed by atoms with van der Waals surface area (Å²) in [6, 6.07) is 14.1. The molecule has 164 valence electrons. The van der Waals surface area contributed by atoms with E-state index in [0.29, 0.717) is 17.1 Å². The lowest BCUT2D eigenvalue weighted by molar-refractivity contribution is 0.102. The largest absolute Gasteiger partial charge is 0.497 e. The molecular weight excluding hydrogens is 418 g/mol. The molecule has 0 aliphatic rings. The van der Waals surface area contributed by atoms with Gasteiger partial charge in [0.25, 0.3) is 15.9 Å². The molecule has 1 heterocycles. The highest BCUT2D eigenvalue weighted by molar-refractivity contribution is 7.92. The molecule has 1 N–H and O–H groups in total. The lowest BCUT2D eigenvalue weighted by Gasteiger charge is -2.20. The van der Waals surface area contributed by atoms with Crippen LogP contribution in [0.4, 0.5) is 11.6 Å². The molecule has 3 rings (SSSR count). The maximum atomic E-state index is 13.1. The molecule has 9 heteroatoms. The zero-order valence-electron chi connectivity index (χ0n) is 18.0. The molecule has 31 heavy (non-hydrogen) atoms. The summed E-state index contributed by atoms with van der Waals surface area (Å²) in [5.74, 6) is 0.314. The Morgan fingerprint density at radius 1 is 1.10 bits per heavy atom. The first-order valence-electron chi connectivity index (χ1n) is 9.54. The van der Waals surface area contributed by atoms with E-state index in [1.807, 2.05) is 20.8 Å². The van der Waals surface area contributed by atoms with Gasteiger partial charge in [0.15, 0.2) is 0 Å². The topological polar surface area (TPSA) is 102 Å². The molecule has 1 aromatic heterocycles. The van der Waals surface area contributed by atoms with Crippen molar-refractivity contribution < 1.29 is 22.5 Å². The van der Waals surface area contributed by atoms with Crippen LogP contribution in [0.2, 0.25) is 0 Å². The summed E-state index contributed by atoms with van der Waals surface area (Å²) < 4.78 is 37.6. The number of hydrogen-bond acceptors (Lipinski definition) is 6. The maximum Gasteiger partial charge on any atom is 0.264 e. The van der Waals surface area contributed by atoms with Crippen molar-refractivity contribution in [3.05, 3.63) is 65.9 Å². The molecule has 0 fully saturated rings. The molecule has 8 nitrogen and oxygen atoms in total. The van der Waals surface area contributed by atoms with E-state index >= 15 is 0 Å². The predicted octanol–water partition coefficient (Wildman–Crippen LogP) is 4.06. The first-order chi connectivity index (χ1) is 14.5. The average molecular weight is 444 g/mol. The predicted molar refractivity (Wildman–Crippen MR) is 118 cm³/mol. The van der Waals surface area contributed by atoms with Gasteiger partial charge in [-0.25, -0.2) is 8.42 Å². The van der Waals surface area contributed by atoms with Crippen molar-refractivity contribution in [3.8, 4) is 5.75 Å². The molecule has 0 saturated heterocycles. The van der Waals surface area contributed by atoms with Crippen LogP contribution in [-0.4, -0.2) is 33.6 Å². The number of aromatic nitrogens is 1. The fraction of sp³-hybridized carbons (Fsp3) is 0.273. The van der Waals surface area contributed by atoms with Gasteiger partial charge in [-0.15, -0.1) is 0 Å². The van der Waals surface area contributed by atoms with Gasteiger partial charge in [0, 0.05) is 24.1 Å². The molecule has 0 aliphatic carbocycles. The van der Waals surface area contributed by atoms with Gasteiger partial charge in [-0.2, -0.15) is 0 Å². The minimum Gasteiger partial charge on any atom is -0.497 e. The number of rotatable bonds is 6. The van der Waals surface area contributed by atoms with Gasteiger partial charge in [0.05, 0.1) is 23.4 Å². The number of ether oxygens (including phenoxy) is 1. The summed E-state index contributed by atoms with van der Waals surface area (Å²) in [5.41, 5.74) is 1.11. The zero-order chi connectivity index (χ0) is 22.8. The van der Waals surface area contributed by atoms with Gasteiger partial charge < -0.3 is 9.26 Å². The fourth-order valence-corrected chi connectivity index (χ4v) is 4.00. The van der Waals surface area contributed by atoms with Crippen LogP contribution in [0.1, 0.15) is 36.8 Å². The lowest BCUT2D eigenvalue weighted by atomic mass is 9.92. The number of carbonyl (C=O) groups excluding carboxylic acids is 1. The number of anilines is 2. The number of nitrogens with one attached hydrogen (secondary N) is 1. The molecular formula is C22H25N3O5S. The Hall–Kier alpha value is -3.33. The van der Waals surface area contributed by atoms with E-state index < -0.39 is 15.9 Å². The Balaban J connectivity index is 1.82. The smallest absolute Gasteiger partial charge is 0.264 e. The molecule has 0 atom stereocenters. The normalized spacial score (nSPS) is 11.8. The van der Waals surface area contributed by atoms with Crippen molar-refractivity contribution >= 4 is 27.5 Å². The second-order valence-electron chi connectivity index (χ2n) is 7.98. The van der Waals surface area contributed by atoms with Crippen LogP contribution < -0.4 is 14.4 Å². The highest BCUT2D eigenvalue weighted by atomic mass is 32.2. The van der Waals surface area contributed by atoms with Gasteiger partial charge in [-0.1, -0.05) is 32.0 Å². The van der Waals surface area contributed by atoms with E-state index in [2.05, 4.69) is 10.5 Å². The quantitative estimate of drug-likeness (QED) is 0.616. The van der Waals surface area contributed by atoms with Gasteiger partial charge >= 0.3 is 0 Å². The number of amides is 1. The number of methoxy groups -OCH3 is 1. The summed E-state index contributed by atoms with van der Waals surface area (Å²) in [6.07, 6.45) is 0. The third-order valence-electron chi connectivity index (χ3n) is 4.71. The molecule has 1 amide bonds. The summed E-state index contributed by atoms with van der Waals surface area (Å²) in [6.45, 7) is 5.93. The fourth-order valence-electron chi connectivity index (χ4n) is 2.76. The lowest BCUT2D eigenvalue weighted by Crippen LogP contribution is -2.26. The monoisotopic (exact) mass is 443 g/mol. The van der Waals surface area contributed by atoms with E-state index in [1.165, 1.54) is 38.4 Å². The number of hydrogen-bond donors (Lipinski definition) is 1. The molecule has 0 aliphatic heterocycles. The average Bonchev–Trinajstić information content (AvgIpc) is 3.22. The number of benzene rings is 2. The second-order valence-corrected chi connectivity index (χ2v) is 9.95. The van der Waals surface area contributed by atoms with Crippen molar-refractivity contribution in [1.29, 1.82) is 0 Å². The van der Waals surface area contributed by atoms with E-state index in [4.69, 9.17) is 9.26 Å². The summed E-state index contributed by atoms with van der Waals surface area (Å²) in [4.78, 5) is 12.6. The van der Waals surface area contributed by atoms with Crippen molar-refractivity contribution in [3.63, 3.8) is 0 Å². The van der Waals surface area contributed by atoms with E-state index in [-0.39, 0.29) is 21.8 Å². The second kappa shape index (κ2) is 8.43. The number of carbonyl (C=O) groups is 1. The Morgan fingerprint density at radius 2 is 1.77 bits per heavy atom. The summed E-state index contributed by atoms with van der Waals surface area (Å²) in [7, 11) is -0.892. The van der Waals surface area contributed by atoms with Gasteiger partial charge in [0.2, 0.25) is 5.88 Å². The van der Waals surface area contributed by atoms with Crippen LogP contribution in [0.15, 0.2) is 64.0 Å². The van der Waals surface area contributed by atoms with Gasteiger partial charge in [-0.05, 0) is 42.5 Å². The van der Waals surface area contributed by atoms with Crippen molar-refractivity contribution in [2.24, 2.45) is 0 Å². The molecule has 0 spiro atoms. The number of sulfonamides is 1. The maximum absolute atomic E-state index is 13.1. The van der Waals surface area contributed by atoms with Crippen molar-refractivity contribution in [2.75, 3.05) is 23.8 Å². The van der Waals surface area contributed by atoms with E-state index in [0.717, 1.165) is 4.31 Å². The van der Waals surface area contributed by atoms with Crippen LogP contribution in [0.3, 0.4) is 0 Å². The summed E-state index contributed by atoms with van der Waals surface area (Å²) >= 11 is 0. The third-order valence-corrected chi connectivity index (χ3v) is 6.49. The van der Waals surface area contributed by atoms with Crippen molar-refractivity contribution in [2.45, 2.75) is 31.1 Å². The molecule has 0 saturated carbocycles. The molecule has 0 radical (unpaired) electrons. The first-order valence-corrected chi connectivity index (χ1v) is 11.0. The van der Waals surface area contributed by atoms with Gasteiger partial charge in [-0.3, -0.25) is 14.4 Å². The Kier molecular flexibility index (Phi) is 6.08. The van der Waals surface area contributed by atoms with Crippen LogP contribution in [0, 0.1) is 0 Å². The summed E-state index contributed by atoms with van der Waals surface area (Å²) in [5, 5.41) is 6.57. The van der Waals surface area contributed by atoms with Crippen LogP contribution in [0.25, 0.3) is 0 Å². The van der Waals surface area contributed by atoms with Crippen LogP contribution in [0.5, 0.6) is 5.75 Å². The third kappa shape index (κ3) is 4.88. The zero-order valence-corrected chi connectivity index (χ0v) is 18.9. The molecule has 3 aromatic rings. The van der Waals surface area contributed by atoms with Gasteiger partial charge in [0.1, 0.15) is 5.75 Å². The SMILES string of the molecule is COc1ccc(N(C)S(=O)(=O)c2cccc(C(=O)Nc3cc(C(C)(C)C)no3)c2)cc1. The van der Waals surface area contributed by atoms with Crippen LogP contribution in [-0.2, 0) is 15.4 Å². The number of nitrogens with zero attached hydrogens (tertiary/aromatic N) is 2. The standard InChI is InChI=1S/C22H25N3O5S/c1-22(2,3)19-14-20(30-24-19)23-21(26)15-7-6-8-18(13-15)31(27,28)25(4)16-9-11-17(29-5)12-10-16/h6-14H,1-5H3,(H,23,26). The minimum atomic E-state index is -3.88. The highest BCUT2D eigenvalue weighted by Gasteiger charge is 2.23. The minimum absolute atomic E-state index is 0.00795. The van der Waals surface area contributed by atoms with Crippen molar-refractivity contribution in [1.82, 2.24) is 5.16 Å². The Labute approximate surface area is 181 Å². The van der Waals surface area contributed by atoms with Crippen LogP contribution >= 0.6 is 0 Å². The van der Waals surface area contributed by atoms with E-state index in [1.54, 1.807) is 30.3 Å².